The van der Waals surface area contributed by atoms with Crippen LogP contribution in [0.25, 0.3) is 10.4 Å². The van der Waals surface area contributed by atoms with Gasteiger partial charge in [0.25, 0.3) is 0 Å². The molecule has 506 valence electrons. The van der Waals surface area contributed by atoms with E-state index in [0.717, 1.165) is 5.56 Å². The highest BCUT2D eigenvalue weighted by Crippen LogP contribution is 2.40. The lowest BCUT2D eigenvalue weighted by Gasteiger charge is -2.51. The molecule has 0 saturated carbocycles. The molecule has 0 amide bonds. The van der Waals surface area contributed by atoms with Crippen molar-refractivity contribution in [1.82, 2.24) is 0 Å². The van der Waals surface area contributed by atoms with Crippen molar-refractivity contribution in [2.45, 2.75) is 119 Å². The monoisotopic (exact) mass is 1350 g/mol. The van der Waals surface area contributed by atoms with E-state index in [1.807, 2.05) is 66.7 Å². The Morgan fingerprint density at radius 3 is 1.23 bits per heavy atom. The Hall–Kier alpha value is -9.40. The van der Waals surface area contributed by atoms with Crippen LogP contribution in [0.3, 0.4) is 0 Å². The summed E-state index contributed by atoms with van der Waals surface area (Å²) in [5.41, 5.74) is 12.9. The maximum absolute atomic E-state index is 14.8. The molecule has 15 atom stereocenters. The molecule has 3 aliphatic rings. The van der Waals surface area contributed by atoms with Crippen molar-refractivity contribution in [3.05, 3.63) is 262 Å². The van der Waals surface area contributed by atoms with E-state index in [1.165, 1.54) is 50.4 Å². The van der Waals surface area contributed by atoms with Crippen molar-refractivity contribution in [2.24, 2.45) is 5.11 Å². The second-order valence-corrected chi connectivity index (χ2v) is 22.6. The number of benzene rings is 7. The van der Waals surface area contributed by atoms with Crippen molar-refractivity contribution in [1.29, 1.82) is 0 Å². The summed E-state index contributed by atoms with van der Waals surface area (Å²) in [4.78, 5) is 87.6. The van der Waals surface area contributed by atoms with Crippen LogP contribution in [0.2, 0.25) is 0 Å². The molecule has 0 spiro atoms. The third kappa shape index (κ3) is 19.2. The molecule has 0 aromatic heterocycles. The van der Waals surface area contributed by atoms with Crippen molar-refractivity contribution in [3.63, 3.8) is 0 Å². The number of methoxy groups -OCH3 is 1. The Morgan fingerprint density at radius 2 is 0.784 bits per heavy atom. The summed E-state index contributed by atoms with van der Waals surface area (Å²) in [6.07, 6.45) is -23.3. The highest BCUT2D eigenvalue weighted by Gasteiger charge is 2.59. The van der Waals surface area contributed by atoms with Crippen molar-refractivity contribution >= 4 is 47.4 Å². The van der Waals surface area contributed by atoms with Gasteiger partial charge in [-0.1, -0.05) is 169 Å². The third-order valence-electron chi connectivity index (χ3n) is 15.7. The number of nitrogens with zero attached hydrogens (tertiary/aromatic N) is 3. The van der Waals surface area contributed by atoms with Crippen molar-refractivity contribution < 1.29 is 99.8 Å². The molecule has 3 saturated heterocycles. The van der Waals surface area contributed by atoms with Crippen LogP contribution in [0.5, 0.6) is 0 Å². The molecule has 0 radical (unpaired) electrons. The minimum absolute atomic E-state index is 0.00410. The number of azide groups is 1. The molecule has 7 aromatic carbocycles. The first kappa shape index (κ1) is 70.4. The Balaban J connectivity index is 1.14. The van der Waals surface area contributed by atoms with Crippen LogP contribution in [0, 0.1) is 0 Å². The maximum Gasteiger partial charge on any atom is 0.338 e. The van der Waals surface area contributed by atoms with E-state index in [-0.39, 0.29) is 48.7 Å². The van der Waals surface area contributed by atoms with Gasteiger partial charge in [-0.25, -0.2) is 19.2 Å². The van der Waals surface area contributed by atoms with Crippen LogP contribution in [-0.2, 0) is 100 Å². The normalized spacial score (nSPS) is 25.2. The van der Waals surface area contributed by atoms with Crippen LogP contribution < -0.4 is 0 Å². The molecule has 10 rings (SSSR count). The Bertz CT molecular complexity index is 3700. The fraction of sp³-hybridized carbons (Fsp3) is 0.333. The summed E-state index contributed by atoms with van der Waals surface area (Å²) >= 11 is 5.99. The van der Waals surface area contributed by atoms with Crippen molar-refractivity contribution in [3.8, 4) is 0 Å². The van der Waals surface area contributed by atoms with Gasteiger partial charge in [-0.2, -0.15) is 0 Å². The molecular formula is C72H70ClN3O21. The van der Waals surface area contributed by atoms with E-state index in [9.17, 15) is 34.3 Å². The second kappa shape index (κ2) is 35.6. The molecule has 3 aliphatic heterocycles. The summed E-state index contributed by atoms with van der Waals surface area (Å²) in [6, 6.07) is 57.0. The molecule has 0 aliphatic carbocycles. The zero-order chi connectivity index (χ0) is 67.9. The van der Waals surface area contributed by atoms with Crippen LogP contribution in [0.4, 0.5) is 0 Å². The molecule has 7 aromatic rings. The summed E-state index contributed by atoms with van der Waals surface area (Å²) in [6.45, 7) is -0.658. The van der Waals surface area contributed by atoms with E-state index in [2.05, 4.69) is 10.0 Å². The number of rotatable bonds is 29. The Kier molecular flexibility index (Phi) is 25.8. The van der Waals surface area contributed by atoms with Crippen molar-refractivity contribution in [2.75, 3.05) is 32.8 Å². The quantitative estimate of drug-likeness (QED) is 0.0105. The molecule has 0 bridgehead atoms. The predicted molar refractivity (Wildman–Crippen MR) is 343 cm³/mol. The molecule has 24 nitrogen and oxygen atoms in total. The first-order valence-electron chi connectivity index (χ1n) is 31.0. The van der Waals surface area contributed by atoms with Gasteiger partial charge in [0.05, 0.1) is 48.7 Å². The SMILES string of the molecule is CO[C@H]1O[C@H](COCc2ccccc2)[C@H](O[C@H]2O[C@H](COC(C)=O)[C@@H](OCc3ccccc3)[C@H](OC(=O)c3ccccc3)[C@H]2OCc2ccccc2)[C@H](O[C@@H]2O[C@H](COC(=O)CCl)[C@@H](OC(=O)c3ccccc3)[C@H](OC(=O)c3ccccc3)[C@H]2OC(=O)c2ccccc2)[C@H]1N=[N+]=[N-]. The highest BCUT2D eigenvalue weighted by molar-refractivity contribution is 6.26. The molecular weight excluding hydrogens is 1280 g/mol. The maximum atomic E-state index is 14.8. The third-order valence-corrected chi connectivity index (χ3v) is 16.0. The largest absolute Gasteiger partial charge is 0.463 e. The minimum Gasteiger partial charge on any atom is -0.463 e. The van der Waals surface area contributed by atoms with E-state index in [0.29, 0.717) is 11.1 Å². The van der Waals surface area contributed by atoms with Gasteiger partial charge >= 0.3 is 35.8 Å². The fourth-order valence-corrected chi connectivity index (χ4v) is 11.1. The average molecular weight is 1350 g/mol. The van der Waals surface area contributed by atoms with Gasteiger partial charge in [-0.15, -0.1) is 11.6 Å². The number of alkyl halides is 1. The first-order valence-corrected chi connectivity index (χ1v) is 31.6. The summed E-state index contributed by atoms with van der Waals surface area (Å²) in [5, 5.41) is 4.18. The van der Waals surface area contributed by atoms with Gasteiger partial charge in [0.2, 0.25) is 0 Å². The van der Waals surface area contributed by atoms with Crippen LogP contribution >= 0.6 is 11.6 Å². The summed E-state index contributed by atoms with van der Waals surface area (Å²) in [7, 11) is 1.27. The predicted octanol–water partition coefficient (Wildman–Crippen LogP) is 9.89. The molecule has 0 unspecified atom stereocenters. The minimum atomic E-state index is -2.06. The standard InChI is InChI=1S/C72H70ClN3O21/c1-45(77)85-43-54-58(87-40-47-26-12-4-13-27-47)62(93-67(80)50-32-18-7-19-33-50)64(88-41-48-28-14-5-15-29-48)71(90-54)96-59-53(42-84-39-46-24-10-3-11-25-46)89-70(83-2)57(75-76-74)61(59)97-72-65(95-69(82)52-36-22-9-23-37-52)63(94-68(81)51-34-20-8-21-35-51)60(55(91-72)44-86-56(78)38-73)92-66(79)49-30-16-6-17-31-49/h3-37,53-55,57-65,70-72H,38-44H2,1-2H3/t53-,54-,55-,57-,58-,59+,60-,61-,62+,63+,64-,65-,70+,71-,72+/m1/s1. The fourth-order valence-electron chi connectivity index (χ4n) is 11.1. The molecule has 97 heavy (non-hydrogen) atoms. The van der Waals surface area contributed by atoms with Gasteiger partial charge in [0.15, 0.2) is 43.3 Å². The van der Waals surface area contributed by atoms with Gasteiger partial charge in [0, 0.05) is 18.9 Å². The number of hydrogen-bond donors (Lipinski definition) is 0. The topological polar surface area (TPSA) is 290 Å². The zero-order valence-electron chi connectivity index (χ0n) is 52.6. The van der Waals surface area contributed by atoms with Crippen LogP contribution in [0.15, 0.2) is 217 Å². The number of halogens is 1. The van der Waals surface area contributed by atoms with E-state index in [4.69, 9.17) is 82.7 Å². The lowest BCUT2D eigenvalue weighted by molar-refractivity contribution is -0.376. The Labute approximate surface area is 563 Å². The number of esters is 6. The lowest BCUT2D eigenvalue weighted by Crippen LogP contribution is -2.68. The van der Waals surface area contributed by atoms with Gasteiger partial charge < -0.3 is 71.1 Å². The zero-order valence-corrected chi connectivity index (χ0v) is 53.4. The molecule has 25 heteroatoms. The molecule has 3 heterocycles. The number of ether oxygens (including phenoxy) is 15. The van der Waals surface area contributed by atoms with Crippen LogP contribution in [0.1, 0.15) is 65.0 Å². The molecule has 3 fully saturated rings. The number of hydrogen-bond acceptors (Lipinski definition) is 22. The van der Waals surface area contributed by atoms with Crippen LogP contribution in [-0.4, -0.2) is 161 Å². The second-order valence-electron chi connectivity index (χ2n) is 22.3. The lowest BCUT2D eigenvalue weighted by atomic mass is 9.94. The Morgan fingerprint density at radius 1 is 0.423 bits per heavy atom. The number of carbonyl (C=O) groups is 6. The van der Waals surface area contributed by atoms with E-state index < -0.39 is 147 Å². The summed E-state index contributed by atoms with van der Waals surface area (Å²) < 4.78 is 97.8. The molecule has 0 N–H and O–H groups in total. The summed E-state index contributed by atoms with van der Waals surface area (Å²) in [5.74, 6) is -6.10. The van der Waals surface area contributed by atoms with Gasteiger partial charge in [0.1, 0.15) is 67.9 Å². The smallest absolute Gasteiger partial charge is 0.338 e. The van der Waals surface area contributed by atoms with Gasteiger partial charge in [-0.05, 0) is 70.8 Å². The first-order chi connectivity index (χ1) is 47.4. The van der Waals surface area contributed by atoms with E-state index in [1.54, 1.807) is 109 Å². The van der Waals surface area contributed by atoms with Gasteiger partial charge in [-0.3, -0.25) is 9.59 Å². The average Bonchev–Trinajstić information content (AvgIpc) is 0.774. The number of carbonyl (C=O) groups excluding carboxylic acids is 6. The van der Waals surface area contributed by atoms with E-state index >= 15 is 0 Å². The highest BCUT2D eigenvalue weighted by atomic mass is 35.5.